The first kappa shape index (κ1) is 16.1. The van der Waals surface area contributed by atoms with E-state index in [9.17, 15) is 18.3 Å². The molecule has 21 heavy (non-hydrogen) atoms. The van der Waals surface area contributed by atoms with Gasteiger partial charge >= 0.3 is 0 Å². The summed E-state index contributed by atoms with van der Waals surface area (Å²) in [5.41, 5.74) is 0.496. The predicted molar refractivity (Wildman–Crippen MR) is 79.6 cm³/mol. The molecule has 6 heteroatoms. The zero-order valence-electron chi connectivity index (χ0n) is 12.1. The predicted octanol–water partition coefficient (Wildman–Crippen LogP) is 1.72. The van der Waals surface area contributed by atoms with Crippen LogP contribution in [0.4, 0.5) is 0 Å². The molecule has 1 aliphatic rings. The van der Waals surface area contributed by atoms with E-state index in [0.29, 0.717) is 12.1 Å². The highest BCUT2D eigenvalue weighted by Crippen LogP contribution is 2.24. The van der Waals surface area contributed by atoms with E-state index < -0.39 is 10.0 Å². The molecule has 2 rings (SSSR count). The van der Waals surface area contributed by atoms with Gasteiger partial charge in [0.2, 0.25) is 10.0 Å². The number of nitrogens with one attached hydrogen (secondary N) is 1. The Labute approximate surface area is 125 Å². The summed E-state index contributed by atoms with van der Waals surface area (Å²) in [7, 11) is -3.54. The first-order valence-electron chi connectivity index (χ1n) is 7.17. The normalized spacial score (nSPS) is 23.0. The van der Waals surface area contributed by atoms with Crippen molar-refractivity contribution in [1.29, 1.82) is 0 Å². The summed E-state index contributed by atoms with van der Waals surface area (Å²) in [6.45, 7) is 1.84. The molecule has 0 radical (unpaired) electrons. The lowest BCUT2D eigenvalue weighted by Crippen LogP contribution is -2.32. The topological polar surface area (TPSA) is 83.5 Å². The molecule has 0 amide bonds. The molecule has 116 valence electrons. The van der Waals surface area contributed by atoms with Gasteiger partial charge in [-0.15, -0.1) is 0 Å². The van der Waals surface area contributed by atoms with E-state index in [0.717, 1.165) is 25.7 Å². The van der Waals surface area contributed by atoms with Gasteiger partial charge in [-0.2, -0.15) is 0 Å². The lowest BCUT2D eigenvalue weighted by atomic mass is 9.88. The number of Topliss-reactive ketones (excluding diaryl/α,β-unsaturated/α-hetero) is 1. The minimum atomic E-state index is -3.54. The monoisotopic (exact) mass is 311 g/mol. The van der Waals surface area contributed by atoms with Crippen molar-refractivity contribution in [2.24, 2.45) is 5.92 Å². The maximum atomic E-state index is 12.2. The number of hydrogen-bond donors (Lipinski definition) is 2. The van der Waals surface area contributed by atoms with E-state index in [1.807, 2.05) is 0 Å². The SMILES string of the molecule is CC(=O)c1ccc(S(=O)(=O)NCC2CCC(O)CC2)cc1. The number of aliphatic hydroxyl groups is 1. The Hall–Kier alpha value is -1.24. The van der Waals surface area contributed by atoms with Gasteiger partial charge in [0.1, 0.15) is 0 Å². The third-order valence-corrected chi connectivity index (χ3v) is 5.39. The molecule has 0 spiro atoms. The highest BCUT2D eigenvalue weighted by molar-refractivity contribution is 7.89. The molecule has 1 aromatic rings. The number of carbonyl (C=O) groups is 1. The highest BCUT2D eigenvalue weighted by Gasteiger charge is 2.22. The van der Waals surface area contributed by atoms with Crippen LogP contribution >= 0.6 is 0 Å². The first-order valence-corrected chi connectivity index (χ1v) is 8.65. The molecule has 1 saturated carbocycles. The summed E-state index contributed by atoms with van der Waals surface area (Å²) in [6, 6.07) is 5.94. The van der Waals surface area contributed by atoms with E-state index in [4.69, 9.17) is 0 Å². The zero-order chi connectivity index (χ0) is 15.5. The number of benzene rings is 1. The van der Waals surface area contributed by atoms with Crippen molar-refractivity contribution < 1.29 is 18.3 Å². The Balaban J connectivity index is 1.96. The van der Waals surface area contributed by atoms with E-state index in [2.05, 4.69) is 4.72 Å². The van der Waals surface area contributed by atoms with Crippen molar-refractivity contribution in [3.8, 4) is 0 Å². The third-order valence-electron chi connectivity index (χ3n) is 3.95. The smallest absolute Gasteiger partial charge is 0.240 e. The van der Waals surface area contributed by atoms with Gasteiger partial charge in [0.05, 0.1) is 11.0 Å². The Kier molecular flexibility index (Phi) is 5.13. The molecule has 0 saturated heterocycles. The van der Waals surface area contributed by atoms with Gasteiger partial charge in [0.25, 0.3) is 0 Å². The van der Waals surface area contributed by atoms with E-state index in [-0.39, 0.29) is 22.7 Å². The summed E-state index contributed by atoms with van der Waals surface area (Å²) in [5, 5.41) is 9.44. The van der Waals surface area contributed by atoms with Gasteiger partial charge < -0.3 is 5.11 Å². The van der Waals surface area contributed by atoms with Crippen LogP contribution in [0.1, 0.15) is 43.0 Å². The molecule has 0 aromatic heterocycles. The number of rotatable bonds is 5. The van der Waals surface area contributed by atoms with Gasteiger partial charge in [0.15, 0.2) is 5.78 Å². The van der Waals surface area contributed by atoms with Crippen LogP contribution in [0.25, 0.3) is 0 Å². The molecule has 2 N–H and O–H groups in total. The van der Waals surface area contributed by atoms with Crippen LogP contribution < -0.4 is 4.72 Å². The van der Waals surface area contributed by atoms with Gasteiger partial charge in [-0.3, -0.25) is 4.79 Å². The molecule has 5 nitrogen and oxygen atoms in total. The van der Waals surface area contributed by atoms with Crippen LogP contribution in [0.3, 0.4) is 0 Å². The quantitative estimate of drug-likeness (QED) is 0.811. The second kappa shape index (κ2) is 6.68. The van der Waals surface area contributed by atoms with Crippen molar-refractivity contribution >= 4 is 15.8 Å². The summed E-state index contributed by atoms with van der Waals surface area (Å²) in [4.78, 5) is 11.3. The summed E-state index contributed by atoms with van der Waals surface area (Å²) < 4.78 is 27.0. The molecular formula is C15H21NO4S. The summed E-state index contributed by atoms with van der Waals surface area (Å²) in [6.07, 6.45) is 2.91. The Morgan fingerprint density at radius 2 is 1.76 bits per heavy atom. The summed E-state index contributed by atoms with van der Waals surface area (Å²) >= 11 is 0. The molecule has 0 unspecified atom stereocenters. The molecule has 1 aliphatic carbocycles. The summed E-state index contributed by atoms with van der Waals surface area (Å²) in [5.74, 6) is 0.187. The fraction of sp³-hybridized carbons (Fsp3) is 0.533. The van der Waals surface area contributed by atoms with Crippen molar-refractivity contribution in [1.82, 2.24) is 4.72 Å². The lowest BCUT2D eigenvalue weighted by Gasteiger charge is -2.25. The van der Waals surface area contributed by atoms with Gasteiger partial charge in [-0.1, -0.05) is 12.1 Å². The number of carbonyl (C=O) groups excluding carboxylic acids is 1. The van der Waals surface area contributed by atoms with Gasteiger partial charge in [-0.05, 0) is 50.7 Å². The maximum absolute atomic E-state index is 12.2. The average molecular weight is 311 g/mol. The highest BCUT2D eigenvalue weighted by atomic mass is 32.2. The molecule has 0 bridgehead atoms. The number of aliphatic hydroxyl groups excluding tert-OH is 1. The van der Waals surface area contributed by atoms with Crippen LogP contribution in [0.2, 0.25) is 0 Å². The van der Waals surface area contributed by atoms with Crippen LogP contribution in [0.5, 0.6) is 0 Å². The van der Waals surface area contributed by atoms with E-state index >= 15 is 0 Å². The number of ketones is 1. The minimum Gasteiger partial charge on any atom is -0.393 e. The fourth-order valence-electron chi connectivity index (χ4n) is 2.53. The van der Waals surface area contributed by atoms with Crippen LogP contribution in [-0.2, 0) is 10.0 Å². The lowest BCUT2D eigenvalue weighted by molar-refractivity contribution is 0.101. The second-order valence-electron chi connectivity index (χ2n) is 5.61. The first-order chi connectivity index (χ1) is 9.88. The molecule has 1 aromatic carbocycles. The fourth-order valence-corrected chi connectivity index (χ4v) is 3.64. The minimum absolute atomic E-state index is 0.0901. The molecule has 0 atom stereocenters. The molecule has 1 fully saturated rings. The van der Waals surface area contributed by atoms with Crippen molar-refractivity contribution in [3.05, 3.63) is 29.8 Å². The molecule has 0 heterocycles. The maximum Gasteiger partial charge on any atom is 0.240 e. The third kappa shape index (κ3) is 4.36. The van der Waals surface area contributed by atoms with Gasteiger partial charge in [0, 0.05) is 12.1 Å². The van der Waals surface area contributed by atoms with Crippen molar-refractivity contribution in [3.63, 3.8) is 0 Å². The Bertz CT molecular complexity index is 587. The largest absolute Gasteiger partial charge is 0.393 e. The van der Waals surface area contributed by atoms with E-state index in [1.54, 1.807) is 0 Å². The number of sulfonamides is 1. The van der Waals surface area contributed by atoms with Gasteiger partial charge in [-0.25, -0.2) is 13.1 Å². The molecular weight excluding hydrogens is 290 g/mol. The second-order valence-corrected chi connectivity index (χ2v) is 7.37. The Morgan fingerprint density at radius 3 is 2.29 bits per heavy atom. The average Bonchev–Trinajstić information content (AvgIpc) is 2.47. The van der Waals surface area contributed by atoms with Crippen LogP contribution in [0, 0.1) is 5.92 Å². The number of hydrogen-bond acceptors (Lipinski definition) is 4. The van der Waals surface area contributed by atoms with Crippen molar-refractivity contribution in [2.45, 2.75) is 43.6 Å². The molecule has 0 aliphatic heterocycles. The zero-order valence-corrected chi connectivity index (χ0v) is 12.9. The van der Waals surface area contributed by atoms with Crippen molar-refractivity contribution in [2.75, 3.05) is 6.54 Å². The van der Waals surface area contributed by atoms with Crippen LogP contribution in [0.15, 0.2) is 29.2 Å². The van der Waals surface area contributed by atoms with E-state index in [1.165, 1.54) is 31.2 Å². The standard InChI is InChI=1S/C15H21NO4S/c1-11(17)13-4-8-15(9-5-13)21(19,20)16-10-12-2-6-14(18)7-3-12/h4-5,8-9,12,14,16,18H,2-3,6-7,10H2,1H3. The van der Waals surface area contributed by atoms with Crippen LogP contribution in [-0.4, -0.2) is 32.0 Å². The Morgan fingerprint density at radius 1 is 1.19 bits per heavy atom.